The lowest BCUT2D eigenvalue weighted by Gasteiger charge is -2.15. The van der Waals surface area contributed by atoms with Crippen LogP contribution >= 0.6 is 11.8 Å². The van der Waals surface area contributed by atoms with Crippen molar-refractivity contribution >= 4 is 11.8 Å². The topological polar surface area (TPSA) is 55.9 Å². The molecule has 0 bridgehead atoms. The van der Waals surface area contributed by atoms with E-state index >= 15 is 0 Å². The maximum atomic E-state index is 5.57. The largest absolute Gasteiger partial charge is 0.276 e. The molecule has 0 aromatic carbocycles. The molecule has 5 heteroatoms. The first-order valence-electron chi connectivity index (χ1n) is 6.13. The average molecular weight is 256 g/mol. The minimum absolute atomic E-state index is 0.388. The van der Waals surface area contributed by atoms with Gasteiger partial charge in [-0.2, -0.15) is 16.9 Å². The standard InChI is InChI=1S/C12H24N4S/c1-10(2)8-17-9-12(15-13)5-4-11-6-14-16(3)7-11/h6-7,10,12,15H,4-5,8-9,13H2,1-3H3. The van der Waals surface area contributed by atoms with E-state index in [1.165, 1.54) is 11.3 Å². The Labute approximate surface area is 108 Å². The molecular weight excluding hydrogens is 232 g/mol. The van der Waals surface area contributed by atoms with Crippen molar-refractivity contribution in [1.29, 1.82) is 0 Å². The molecule has 0 aliphatic heterocycles. The summed E-state index contributed by atoms with van der Waals surface area (Å²) < 4.78 is 1.84. The molecule has 17 heavy (non-hydrogen) atoms. The van der Waals surface area contributed by atoms with Crippen LogP contribution in [0.2, 0.25) is 0 Å². The molecule has 1 unspecified atom stereocenters. The highest BCUT2D eigenvalue weighted by atomic mass is 32.2. The number of rotatable bonds is 8. The molecule has 1 heterocycles. The van der Waals surface area contributed by atoms with Crippen molar-refractivity contribution in [2.24, 2.45) is 18.8 Å². The second-order valence-corrected chi connectivity index (χ2v) is 5.93. The summed E-state index contributed by atoms with van der Waals surface area (Å²) >= 11 is 1.97. The van der Waals surface area contributed by atoms with E-state index < -0.39 is 0 Å². The van der Waals surface area contributed by atoms with Crippen LogP contribution in [0.3, 0.4) is 0 Å². The van der Waals surface area contributed by atoms with E-state index in [2.05, 4.69) is 30.6 Å². The smallest absolute Gasteiger partial charge is 0.0521 e. The number of thioether (sulfide) groups is 1. The molecule has 98 valence electrons. The van der Waals surface area contributed by atoms with Crippen molar-refractivity contribution in [3.05, 3.63) is 18.0 Å². The molecule has 1 aromatic heterocycles. The van der Waals surface area contributed by atoms with Crippen LogP contribution in [0.1, 0.15) is 25.8 Å². The van der Waals surface area contributed by atoms with Crippen LogP contribution in [0.15, 0.2) is 12.4 Å². The monoisotopic (exact) mass is 256 g/mol. The van der Waals surface area contributed by atoms with Gasteiger partial charge < -0.3 is 0 Å². The second kappa shape index (κ2) is 7.74. The maximum Gasteiger partial charge on any atom is 0.0521 e. The Morgan fingerprint density at radius 2 is 2.24 bits per heavy atom. The van der Waals surface area contributed by atoms with Gasteiger partial charge in [-0.05, 0) is 30.1 Å². The molecule has 0 radical (unpaired) electrons. The van der Waals surface area contributed by atoms with Gasteiger partial charge in [0.1, 0.15) is 0 Å². The van der Waals surface area contributed by atoms with Crippen LogP contribution in [-0.4, -0.2) is 27.3 Å². The first-order chi connectivity index (χ1) is 8.11. The Hall–Kier alpha value is -0.520. The van der Waals surface area contributed by atoms with E-state index in [0.717, 1.165) is 24.5 Å². The summed E-state index contributed by atoms with van der Waals surface area (Å²) in [5.41, 5.74) is 4.18. The van der Waals surface area contributed by atoms with Crippen molar-refractivity contribution < 1.29 is 0 Å². The highest BCUT2D eigenvalue weighted by Crippen LogP contribution is 2.12. The molecule has 1 rings (SSSR count). The van der Waals surface area contributed by atoms with Gasteiger partial charge in [-0.25, -0.2) is 0 Å². The average Bonchev–Trinajstić information content (AvgIpc) is 2.69. The third-order valence-corrected chi connectivity index (χ3v) is 4.09. The Kier molecular flexibility index (Phi) is 6.62. The summed E-state index contributed by atoms with van der Waals surface area (Å²) in [6.07, 6.45) is 6.09. The summed E-state index contributed by atoms with van der Waals surface area (Å²) in [5, 5.41) is 4.17. The minimum atomic E-state index is 0.388. The molecule has 1 atom stereocenters. The third kappa shape index (κ3) is 6.10. The van der Waals surface area contributed by atoms with Gasteiger partial charge in [0.15, 0.2) is 0 Å². The fourth-order valence-corrected chi connectivity index (χ4v) is 2.76. The van der Waals surface area contributed by atoms with Gasteiger partial charge in [-0.15, -0.1) is 0 Å². The van der Waals surface area contributed by atoms with Crippen LogP contribution in [-0.2, 0) is 13.5 Å². The van der Waals surface area contributed by atoms with E-state index in [1.807, 2.05) is 29.7 Å². The highest BCUT2D eigenvalue weighted by molar-refractivity contribution is 7.99. The number of hydrogen-bond acceptors (Lipinski definition) is 4. The van der Waals surface area contributed by atoms with E-state index in [1.54, 1.807) is 0 Å². The lowest BCUT2D eigenvalue weighted by atomic mass is 10.1. The van der Waals surface area contributed by atoms with Crippen molar-refractivity contribution in [3.63, 3.8) is 0 Å². The van der Waals surface area contributed by atoms with Gasteiger partial charge in [0.2, 0.25) is 0 Å². The Morgan fingerprint density at radius 3 is 2.76 bits per heavy atom. The van der Waals surface area contributed by atoms with Crippen LogP contribution in [0, 0.1) is 5.92 Å². The van der Waals surface area contributed by atoms with E-state index in [4.69, 9.17) is 5.84 Å². The second-order valence-electron chi connectivity index (χ2n) is 4.86. The fraction of sp³-hybridized carbons (Fsp3) is 0.750. The number of nitrogens with zero attached hydrogens (tertiary/aromatic N) is 2. The molecule has 3 N–H and O–H groups in total. The Morgan fingerprint density at radius 1 is 1.47 bits per heavy atom. The quantitative estimate of drug-likeness (QED) is 0.547. The lowest BCUT2D eigenvalue weighted by Crippen LogP contribution is -2.37. The Balaban J connectivity index is 2.22. The molecule has 0 saturated carbocycles. The number of aryl methyl sites for hydroxylation is 2. The number of nitrogens with one attached hydrogen (secondary N) is 1. The van der Waals surface area contributed by atoms with Crippen molar-refractivity contribution in [2.45, 2.75) is 32.7 Å². The minimum Gasteiger partial charge on any atom is -0.276 e. The molecule has 0 spiro atoms. The first-order valence-corrected chi connectivity index (χ1v) is 7.28. The third-order valence-electron chi connectivity index (χ3n) is 2.55. The first kappa shape index (κ1) is 14.5. The van der Waals surface area contributed by atoms with Gasteiger partial charge in [0.05, 0.1) is 6.20 Å². The van der Waals surface area contributed by atoms with Crippen LogP contribution < -0.4 is 11.3 Å². The molecule has 0 saturated heterocycles. The zero-order chi connectivity index (χ0) is 12.7. The number of aromatic nitrogens is 2. The zero-order valence-corrected chi connectivity index (χ0v) is 11.8. The molecule has 0 aliphatic rings. The van der Waals surface area contributed by atoms with Gasteiger partial charge in [-0.3, -0.25) is 16.0 Å². The van der Waals surface area contributed by atoms with E-state index in [0.29, 0.717) is 6.04 Å². The van der Waals surface area contributed by atoms with Gasteiger partial charge >= 0.3 is 0 Å². The van der Waals surface area contributed by atoms with Crippen molar-refractivity contribution in [3.8, 4) is 0 Å². The normalized spacial score (nSPS) is 13.2. The van der Waals surface area contributed by atoms with Crippen molar-refractivity contribution in [1.82, 2.24) is 15.2 Å². The summed E-state index contributed by atoms with van der Waals surface area (Å²) in [6, 6.07) is 0.388. The van der Waals surface area contributed by atoms with Gasteiger partial charge in [-0.1, -0.05) is 13.8 Å². The fourth-order valence-electron chi connectivity index (χ4n) is 1.60. The number of nitrogens with two attached hydrogens (primary N) is 1. The number of hydrazine groups is 1. The molecular formula is C12H24N4S. The highest BCUT2D eigenvalue weighted by Gasteiger charge is 2.08. The predicted molar refractivity (Wildman–Crippen MR) is 74.8 cm³/mol. The van der Waals surface area contributed by atoms with Crippen LogP contribution in [0.5, 0.6) is 0 Å². The zero-order valence-electron chi connectivity index (χ0n) is 11.0. The summed E-state index contributed by atoms with van der Waals surface area (Å²) in [7, 11) is 1.95. The molecule has 0 fully saturated rings. The predicted octanol–water partition coefficient (Wildman–Crippen LogP) is 1.57. The summed E-state index contributed by atoms with van der Waals surface area (Å²) in [5.74, 6) is 8.60. The molecule has 0 aliphatic carbocycles. The number of hydrogen-bond donors (Lipinski definition) is 2. The van der Waals surface area contributed by atoms with Gasteiger partial charge in [0, 0.05) is 25.0 Å². The lowest BCUT2D eigenvalue weighted by molar-refractivity contribution is 0.538. The maximum absolute atomic E-state index is 5.57. The SMILES string of the molecule is CC(C)CSCC(CCc1cnn(C)c1)NN. The van der Waals surface area contributed by atoms with Crippen LogP contribution in [0.25, 0.3) is 0 Å². The molecule has 1 aromatic rings. The summed E-state index contributed by atoms with van der Waals surface area (Å²) in [6.45, 7) is 4.49. The van der Waals surface area contributed by atoms with Crippen molar-refractivity contribution in [2.75, 3.05) is 11.5 Å². The van der Waals surface area contributed by atoms with E-state index in [-0.39, 0.29) is 0 Å². The molecule has 0 amide bonds. The summed E-state index contributed by atoms with van der Waals surface area (Å²) in [4.78, 5) is 0. The molecule has 4 nitrogen and oxygen atoms in total. The van der Waals surface area contributed by atoms with Crippen LogP contribution in [0.4, 0.5) is 0 Å². The van der Waals surface area contributed by atoms with E-state index in [9.17, 15) is 0 Å². The Bertz CT molecular complexity index is 311. The van der Waals surface area contributed by atoms with Gasteiger partial charge in [0.25, 0.3) is 0 Å².